The summed E-state index contributed by atoms with van der Waals surface area (Å²) in [7, 11) is 0. The van der Waals surface area contributed by atoms with Gasteiger partial charge in [0.2, 0.25) is 4.80 Å². The fraction of sp³-hybridized carbons (Fsp3) is 0.0455. The van der Waals surface area contributed by atoms with Crippen LogP contribution in [0.25, 0.3) is 11.5 Å². The zero-order chi connectivity index (χ0) is 19.2. The minimum absolute atomic E-state index is 0.575. The van der Waals surface area contributed by atoms with Crippen LogP contribution in [-0.2, 0) is 6.54 Å². The van der Waals surface area contributed by atoms with Gasteiger partial charge in [-0.2, -0.15) is 10.4 Å². The number of hydrogen-bond acceptors (Lipinski definition) is 5. The summed E-state index contributed by atoms with van der Waals surface area (Å²) < 4.78 is 7.34. The van der Waals surface area contributed by atoms with Crippen LogP contribution in [0, 0.1) is 11.3 Å². The zero-order valence-electron chi connectivity index (χ0n) is 14.9. The molecule has 2 aromatic heterocycles. The summed E-state index contributed by atoms with van der Waals surface area (Å²) in [6, 6.07) is 23.2. The van der Waals surface area contributed by atoms with E-state index < -0.39 is 0 Å². The monoisotopic (exact) mass is 384 g/mol. The molecule has 4 aromatic rings. The Hall–Kier alpha value is -3.69. The topological polar surface area (TPSA) is 66.6 Å². The normalized spacial score (nSPS) is 11.8. The third kappa shape index (κ3) is 4.00. The SMILES string of the molecule is N#Cc1ccc(/C=N\n2c(-c3ccco3)csc2=NCc2ccccc2)cc1. The first kappa shape index (κ1) is 17.7. The average Bonchev–Trinajstić information content (AvgIpc) is 3.41. The molecule has 28 heavy (non-hydrogen) atoms. The number of benzene rings is 2. The fourth-order valence-corrected chi connectivity index (χ4v) is 3.44. The van der Waals surface area contributed by atoms with Gasteiger partial charge in [0.1, 0.15) is 5.69 Å². The number of furan rings is 1. The highest BCUT2D eigenvalue weighted by Crippen LogP contribution is 2.20. The molecule has 6 heteroatoms. The maximum absolute atomic E-state index is 8.93. The molecule has 0 unspecified atom stereocenters. The largest absolute Gasteiger partial charge is 0.463 e. The van der Waals surface area contributed by atoms with E-state index in [1.807, 2.05) is 47.8 Å². The van der Waals surface area contributed by atoms with E-state index in [2.05, 4.69) is 23.3 Å². The first-order valence-electron chi connectivity index (χ1n) is 8.67. The van der Waals surface area contributed by atoms with E-state index in [9.17, 15) is 0 Å². The molecule has 0 saturated heterocycles. The van der Waals surface area contributed by atoms with E-state index in [1.54, 1.807) is 29.3 Å². The lowest BCUT2D eigenvalue weighted by atomic mass is 10.2. The van der Waals surface area contributed by atoms with Gasteiger partial charge in [-0.1, -0.05) is 42.5 Å². The number of thiazole rings is 1. The molecule has 5 nitrogen and oxygen atoms in total. The highest BCUT2D eigenvalue weighted by Gasteiger charge is 2.09. The van der Waals surface area contributed by atoms with Crippen LogP contribution in [0.3, 0.4) is 0 Å². The second-order valence-corrected chi connectivity index (χ2v) is 6.81. The van der Waals surface area contributed by atoms with Crippen molar-refractivity contribution in [2.75, 3.05) is 0 Å². The van der Waals surface area contributed by atoms with Gasteiger partial charge in [0.15, 0.2) is 5.76 Å². The van der Waals surface area contributed by atoms with Gasteiger partial charge in [0, 0.05) is 5.38 Å². The van der Waals surface area contributed by atoms with Gasteiger partial charge in [0.05, 0.1) is 30.7 Å². The van der Waals surface area contributed by atoms with Crippen LogP contribution in [0.1, 0.15) is 16.7 Å². The lowest BCUT2D eigenvalue weighted by Gasteiger charge is -2.01. The van der Waals surface area contributed by atoms with E-state index >= 15 is 0 Å². The van der Waals surface area contributed by atoms with Gasteiger partial charge in [-0.25, -0.2) is 4.68 Å². The van der Waals surface area contributed by atoms with E-state index in [0.717, 1.165) is 27.4 Å². The summed E-state index contributed by atoms with van der Waals surface area (Å²) in [6.45, 7) is 0.575. The molecule has 0 radical (unpaired) electrons. The van der Waals surface area contributed by atoms with Crippen molar-refractivity contribution < 1.29 is 4.42 Å². The van der Waals surface area contributed by atoms with Crippen LogP contribution in [0.4, 0.5) is 0 Å². The maximum Gasteiger partial charge on any atom is 0.206 e. The highest BCUT2D eigenvalue weighted by molar-refractivity contribution is 7.07. The van der Waals surface area contributed by atoms with Crippen molar-refractivity contribution >= 4 is 17.6 Å². The maximum atomic E-state index is 8.93. The molecule has 0 N–H and O–H groups in total. The van der Waals surface area contributed by atoms with Gasteiger partial charge in [0.25, 0.3) is 0 Å². The highest BCUT2D eigenvalue weighted by atomic mass is 32.1. The van der Waals surface area contributed by atoms with Crippen molar-refractivity contribution in [3.8, 4) is 17.5 Å². The minimum atomic E-state index is 0.575. The summed E-state index contributed by atoms with van der Waals surface area (Å²) in [5.41, 5.74) is 3.50. The number of nitrogens with zero attached hydrogens (tertiary/aromatic N) is 4. The summed E-state index contributed by atoms with van der Waals surface area (Å²) in [5.74, 6) is 0.731. The van der Waals surface area contributed by atoms with E-state index in [4.69, 9.17) is 14.7 Å². The van der Waals surface area contributed by atoms with E-state index in [1.165, 1.54) is 11.3 Å². The number of hydrogen-bond donors (Lipinski definition) is 0. The van der Waals surface area contributed by atoms with E-state index in [0.29, 0.717) is 12.1 Å². The first-order chi connectivity index (χ1) is 13.8. The van der Waals surface area contributed by atoms with Crippen molar-refractivity contribution in [1.29, 1.82) is 5.26 Å². The average molecular weight is 384 g/mol. The van der Waals surface area contributed by atoms with Gasteiger partial charge >= 0.3 is 0 Å². The van der Waals surface area contributed by atoms with Gasteiger partial charge in [-0.3, -0.25) is 4.99 Å². The summed E-state index contributed by atoms with van der Waals surface area (Å²) >= 11 is 1.51. The van der Waals surface area contributed by atoms with Crippen molar-refractivity contribution in [3.05, 3.63) is 99.9 Å². The number of rotatable bonds is 5. The van der Waals surface area contributed by atoms with Gasteiger partial charge in [-0.05, 0) is 35.4 Å². The molecule has 0 aliphatic carbocycles. The number of aromatic nitrogens is 1. The van der Waals surface area contributed by atoms with Gasteiger partial charge < -0.3 is 4.42 Å². The van der Waals surface area contributed by atoms with Crippen molar-refractivity contribution in [1.82, 2.24) is 4.68 Å². The fourth-order valence-electron chi connectivity index (χ4n) is 2.62. The lowest BCUT2D eigenvalue weighted by molar-refractivity contribution is 0.575. The van der Waals surface area contributed by atoms with Crippen molar-refractivity contribution in [3.63, 3.8) is 0 Å². The molecule has 0 aliphatic heterocycles. The molecular formula is C22H16N4OS. The Balaban J connectivity index is 1.71. The Morgan fingerprint density at radius 1 is 1.04 bits per heavy atom. The van der Waals surface area contributed by atoms with Crippen LogP contribution in [0.5, 0.6) is 0 Å². The Morgan fingerprint density at radius 2 is 1.86 bits per heavy atom. The molecular weight excluding hydrogens is 368 g/mol. The molecule has 0 saturated carbocycles. The molecule has 2 heterocycles. The predicted molar refractivity (Wildman–Crippen MR) is 110 cm³/mol. The third-order valence-electron chi connectivity index (χ3n) is 4.06. The Morgan fingerprint density at radius 3 is 2.57 bits per heavy atom. The molecule has 2 aromatic carbocycles. The molecule has 0 bridgehead atoms. The molecule has 0 spiro atoms. The summed E-state index contributed by atoms with van der Waals surface area (Å²) in [4.78, 5) is 5.51. The molecule has 0 aliphatic rings. The van der Waals surface area contributed by atoms with Crippen LogP contribution in [0.2, 0.25) is 0 Å². The third-order valence-corrected chi connectivity index (χ3v) is 4.91. The number of nitriles is 1. The quantitative estimate of drug-likeness (QED) is 0.470. The molecule has 0 atom stereocenters. The summed E-state index contributed by atoms with van der Waals surface area (Å²) in [6.07, 6.45) is 3.39. The zero-order valence-corrected chi connectivity index (χ0v) is 15.7. The van der Waals surface area contributed by atoms with Crippen LogP contribution in [-0.4, -0.2) is 10.9 Å². The minimum Gasteiger partial charge on any atom is -0.463 e. The Bertz CT molecular complexity index is 1180. The van der Waals surface area contributed by atoms with Gasteiger partial charge in [-0.15, -0.1) is 11.3 Å². The standard InChI is InChI=1S/C22H16N4OS/c23-13-17-8-10-19(11-9-17)15-25-26-20(21-7-4-12-27-21)16-28-22(26)24-14-18-5-2-1-3-6-18/h1-12,15-16H,14H2/b24-22?,25-15-. The van der Waals surface area contributed by atoms with Crippen LogP contribution < -0.4 is 4.80 Å². The predicted octanol–water partition coefficient (Wildman–Crippen LogP) is 4.66. The van der Waals surface area contributed by atoms with Crippen molar-refractivity contribution in [2.24, 2.45) is 10.1 Å². The molecule has 136 valence electrons. The second kappa shape index (κ2) is 8.33. The second-order valence-electron chi connectivity index (χ2n) is 5.97. The Kier molecular flexibility index (Phi) is 5.27. The first-order valence-corrected chi connectivity index (χ1v) is 9.55. The summed E-state index contributed by atoms with van der Waals surface area (Å²) in [5, 5.41) is 15.5. The smallest absolute Gasteiger partial charge is 0.206 e. The Labute approximate surface area is 166 Å². The molecule has 0 amide bonds. The molecule has 0 fully saturated rings. The van der Waals surface area contributed by atoms with Crippen molar-refractivity contribution in [2.45, 2.75) is 6.54 Å². The molecule has 4 rings (SSSR count). The van der Waals surface area contributed by atoms with Crippen LogP contribution in [0.15, 0.2) is 92.9 Å². The van der Waals surface area contributed by atoms with E-state index in [-0.39, 0.29) is 0 Å². The van der Waals surface area contributed by atoms with Crippen LogP contribution >= 0.6 is 11.3 Å². The lowest BCUT2D eigenvalue weighted by Crippen LogP contribution is -2.12.